The molecule has 0 atom stereocenters. The largest absolute Gasteiger partial charge is 0.0636 e. The average molecular weight is 613 g/mol. The lowest BCUT2D eigenvalue weighted by Gasteiger charge is -2.20. The van der Waals surface area contributed by atoms with E-state index in [-0.39, 0.29) is 0 Å². The van der Waals surface area contributed by atoms with Crippen molar-refractivity contribution in [2.75, 3.05) is 0 Å². The molecule has 0 aromatic heterocycles. The van der Waals surface area contributed by atoms with Crippen molar-refractivity contribution in [3.63, 3.8) is 0 Å². The second-order valence-electron chi connectivity index (χ2n) is 9.75. The summed E-state index contributed by atoms with van der Waals surface area (Å²) in [7, 11) is 0. The second-order valence-corrected chi connectivity index (χ2v) is 9.75. The maximum Gasteiger partial charge on any atom is 0.0636 e. The van der Waals surface area contributed by atoms with Crippen LogP contribution in [0.5, 0.6) is 0 Å². The lowest BCUT2D eigenvalue weighted by Crippen LogP contribution is -1.93. The summed E-state index contributed by atoms with van der Waals surface area (Å²) in [5.74, 6) is 0. The fourth-order valence-electron chi connectivity index (χ4n) is 5.31. The van der Waals surface area contributed by atoms with Crippen molar-refractivity contribution < 1.29 is 41.1 Å². The molecule has 0 spiro atoms. The summed E-state index contributed by atoms with van der Waals surface area (Å²) in [5, 5.41) is -6.43. The number of rotatable bonds is 4. The van der Waals surface area contributed by atoms with Gasteiger partial charge in [0.1, 0.15) is 0 Å². The highest BCUT2D eigenvalue weighted by molar-refractivity contribution is 6.24. The van der Waals surface area contributed by atoms with Gasteiger partial charge in [-0.3, -0.25) is 0 Å². The molecule has 0 bridgehead atoms. The second kappa shape index (κ2) is 10.9. The molecule has 0 N–H and O–H groups in total. The highest BCUT2D eigenvalue weighted by Crippen LogP contribution is 2.47. The predicted molar refractivity (Wildman–Crippen MR) is 198 cm³/mol. The Morgan fingerprint density at radius 1 is 0.261 bits per heavy atom. The van der Waals surface area contributed by atoms with E-state index in [1.165, 1.54) is 0 Å². The summed E-state index contributed by atoms with van der Waals surface area (Å²) in [6, 6.07) is -30.7. The molecule has 0 amide bonds. The summed E-state index contributed by atoms with van der Waals surface area (Å²) in [4.78, 5) is 0. The van der Waals surface area contributed by atoms with E-state index >= 15 is 0 Å². The first-order valence-electron chi connectivity index (χ1n) is 28.5. The van der Waals surface area contributed by atoms with E-state index in [2.05, 4.69) is 0 Å². The molecule has 0 heterocycles. The zero-order chi connectivity index (χ0) is 56.6. The van der Waals surface area contributed by atoms with Crippen LogP contribution in [0.1, 0.15) is 41.1 Å². The van der Waals surface area contributed by atoms with Crippen molar-refractivity contribution in [2.45, 2.75) is 0 Å². The first-order valence-corrected chi connectivity index (χ1v) is 13.5. The molecule has 214 valence electrons. The van der Waals surface area contributed by atoms with Gasteiger partial charge in [-0.15, -0.1) is 0 Å². The Kier molecular flexibility index (Phi) is 2.37. The third-order valence-electron chi connectivity index (χ3n) is 7.25. The molecule has 9 aromatic carbocycles. The topological polar surface area (TPSA) is 0 Å². The van der Waals surface area contributed by atoms with Gasteiger partial charge in [0.2, 0.25) is 0 Å². The summed E-state index contributed by atoms with van der Waals surface area (Å²) in [6.07, 6.45) is 0. The molecule has 0 unspecified atom stereocenters. The molecule has 0 aliphatic rings. The van der Waals surface area contributed by atoms with Gasteiger partial charge in [0.05, 0.1) is 41.1 Å². The molecular weight excluding hydrogens is 553 g/mol. The summed E-state index contributed by atoms with van der Waals surface area (Å²) in [6.45, 7) is 0. The van der Waals surface area contributed by atoms with Crippen molar-refractivity contribution in [1.29, 1.82) is 0 Å². The molecule has 0 fully saturated rings. The SMILES string of the molecule is [2H]c1c([2H])c([2H])c(-c2c([2H])c([2H])c([2H])c(-c3c4c([2H])c([2H])c([2H])c([2H])c4c(-c4c([2H])c([2H])c([2H])c5c([2H])c([2H])c([2H])c([2H])c45)c4c([2H])c(-c5c([2H])c([2H])c([2H])c6c([2H])c([2H])c([2H])c([2H])c56)c([2H])c([2H])c34)c2[2H])c([2H])c1[2H]. The smallest absolute Gasteiger partial charge is 0.0622 e. The predicted octanol–water partition coefficient (Wildman–Crippen LogP) is 13.0. The average Bonchev–Trinajstić information content (AvgIpc) is 3.38. The van der Waals surface area contributed by atoms with Gasteiger partial charge in [-0.05, 0) is 99.7 Å². The van der Waals surface area contributed by atoms with E-state index in [1.54, 1.807) is 0 Å². The first-order chi connectivity index (χ1) is 35.3. The molecule has 0 heteroatoms. The zero-order valence-electron chi connectivity index (χ0n) is 53.0. The number of hydrogen-bond acceptors (Lipinski definition) is 0. The van der Waals surface area contributed by atoms with Crippen LogP contribution in [0, 0.1) is 0 Å². The van der Waals surface area contributed by atoms with Gasteiger partial charge in [-0.2, -0.15) is 0 Å². The van der Waals surface area contributed by atoms with Crippen molar-refractivity contribution >= 4 is 43.1 Å². The number of fused-ring (bicyclic) bond motifs is 4. The molecule has 0 saturated carbocycles. The molecule has 46 heavy (non-hydrogen) atoms. The summed E-state index contributed by atoms with van der Waals surface area (Å²) in [5.41, 5.74) is -7.11. The molecule has 0 nitrogen and oxygen atoms in total. The fraction of sp³-hybridized carbons (Fsp3) is 0. The Labute approximate surface area is 311 Å². The monoisotopic (exact) mass is 612 g/mol. The standard InChI is InChI=1S/C46H30/c1-2-13-31(14-3-1)34-19-10-20-36(29-34)45-41-23-8-9-24-42(41)46(40-26-12-18-33-16-5-7-22-38(33)40)44-30-35(27-28-43(44)45)39-25-11-17-32-15-4-6-21-37(32)39/h1-30H/i1D,2D,3D,4D,5D,6D,7D,8D,9D,10D,11D,12D,13D,14D,15D,16D,17D,18D,19D,20D,21D,22D,23D,24D,25D,26D,27D,28D,29D,30D. The summed E-state index contributed by atoms with van der Waals surface area (Å²) < 4.78 is 271. The number of benzene rings is 9. The maximum atomic E-state index is 10.3. The van der Waals surface area contributed by atoms with Gasteiger partial charge in [0, 0.05) is 0 Å². The highest BCUT2D eigenvalue weighted by atomic mass is 14.2. The molecular formula is C46H30. The quantitative estimate of drug-likeness (QED) is 0.173. The minimum Gasteiger partial charge on any atom is -0.0622 e. The first kappa shape index (κ1) is 10.0. The van der Waals surface area contributed by atoms with E-state index in [4.69, 9.17) is 27.4 Å². The van der Waals surface area contributed by atoms with Crippen molar-refractivity contribution in [2.24, 2.45) is 0 Å². The van der Waals surface area contributed by atoms with Crippen LogP contribution in [0.15, 0.2) is 181 Å². The van der Waals surface area contributed by atoms with Crippen LogP contribution in [0.3, 0.4) is 0 Å². The molecule has 0 aliphatic heterocycles. The van der Waals surface area contributed by atoms with Crippen molar-refractivity contribution in [3.05, 3.63) is 181 Å². The van der Waals surface area contributed by atoms with Gasteiger partial charge in [0.15, 0.2) is 0 Å². The van der Waals surface area contributed by atoms with Crippen LogP contribution in [0.2, 0.25) is 0 Å². The van der Waals surface area contributed by atoms with E-state index in [0.717, 1.165) is 0 Å². The van der Waals surface area contributed by atoms with Gasteiger partial charge in [-0.25, -0.2) is 0 Å². The minimum absolute atomic E-state index is 0.683. The van der Waals surface area contributed by atoms with Crippen molar-refractivity contribution in [1.82, 2.24) is 0 Å². The Balaban J connectivity index is 1.73. The Morgan fingerprint density at radius 3 is 1.50 bits per heavy atom. The van der Waals surface area contributed by atoms with Crippen LogP contribution in [-0.2, 0) is 0 Å². The van der Waals surface area contributed by atoms with E-state index < -0.39 is 269 Å². The maximum absolute atomic E-state index is 10.3. The zero-order valence-corrected chi connectivity index (χ0v) is 23.0. The van der Waals surface area contributed by atoms with Gasteiger partial charge in [-0.1, -0.05) is 169 Å². The third kappa shape index (κ3) is 4.30. The molecule has 0 aliphatic carbocycles. The van der Waals surface area contributed by atoms with Gasteiger partial charge < -0.3 is 0 Å². The molecule has 0 radical (unpaired) electrons. The van der Waals surface area contributed by atoms with Gasteiger partial charge >= 0.3 is 0 Å². The fourth-order valence-corrected chi connectivity index (χ4v) is 5.31. The van der Waals surface area contributed by atoms with Crippen LogP contribution >= 0.6 is 0 Å². The Bertz CT molecular complexity index is 4230. The van der Waals surface area contributed by atoms with E-state index in [9.17, 15) is 13.7 Å². The number of hydrogen-bond donors (Lipinski definition) is 0. The van der Waals surface area contributed by atoms with Crippen LogP contribution in [0.4, 0.5) is 0 Å². The molecule has 0 saturated heterocycles. The summed E-state index contributed by atoms with van der Waals surface area (Å²) >= 11 is 0. The third-order valence-corrected chi connectivity index (χ3v) is 7.25. The van der Waals surface area contributed by atoms with Crippen LogP contribution in [-0.4, -0.2) is 0 Å². The van der Waals surface area contributed by atoms with E-state index in [1.807, 2.05) is 0 Å². The van der Waals surface area contributed by atoms with Crippen molar-refractivity contribution in [3.8, 4) is 44.5 Å². The van der Waals surface area contributed by atoms with Crippen LogP contribution < -0.4 is 0 Å². The van der Waals surface area contributed by atoms with Gasteiger partial charge in [0.25, 0.3) is 0 Å². The van der Waals surface area contributed by atoms with Crippen LogP contribution in [0.25, 0.3) is 87.6 Å². The lowest BCUT2D eigenvalue weighted by atomic mass is 9.83. The molecule has 9 aromatic rings. The Hall–Kier alpha value is -5.98. The molecule has 9 rings (SSSR count). The normalized spacial score (nSPS) is 20.6. The Morgan fingerprint density at radius 2 is 0.761 bits per heavy atom. The highest BCUT2D eigenvalue weighted by Gasteiger charge is 2.19. The lowest BCUT2D eigenvalue weighted by molar-refractivity contribution is 1.61. The van der Waals surface area contributed by atoms with E-state index in [0.29, 0.717) is 0 Å². The minimum atomic E-state index is -1.19.